The fourth-order valence-corrected chi connectivity index (χ4v) is 4.60. The first-order valence-electron chi connectivity index (χ1n) is 10.7. The van der Waals surface area contributed by atoms with E-state index >= 15 is 0 Å². The summed E-state index contributed by atoms with van der Waals surface area (Å²) in [4.78, 5) is 17.2. The van der Waals surface area contributed by atoms with E-state index in [4.69, 9.17) is 9.47 Å². The number of ether oxygens (including phenoxy) is 2. The van der Waals surface area contributed by atoms with Crippen molar-refractivity contribution in [3.05, 3.63) is 53.6 Å². The first kappa shape index (κ1) is 26.1. The average Bonchev–Trinajstić information content (AvgIpc) is 2.79. The summed E-state index contributed by atoms with van der Waals surface area (Å²) in [7, 11) is 3.43. The number of amides is 1. The Morgan fingerprint density at radius 1 is 0.969 bits per heavy atom. The van der Waals surface area contributed by atoms with E-state index in [-0.39, 0.29) is 36.8 Å². The Balaban J connectivity index is 0.00000181. The van der Waals surface area contributed by atoms with Crippen LogP contribution in [0.3, 0.4) is 0 Å². The summed E-state index contributed by atoms with van der Waals surface area (Å²) in [6.45, 7) is 3.99. The fourth-order valence-electron chi connectivity index (χ4n) is 4.60. The molecular formula is C24H33Cl2N3O3. The summed E-state index contributed by atoms with van der Waals surface area (Å²) in [5.41, 5.74) is 3.70. The Bertz CT molecular complexity index is 889. The summed E-state index contributed by atoms with van der Waals surface area (Å²) < 4.78 is 11.0. The van der Waals surface area contributed by atoms with Crippen molar-refractivity contribution < 1.29 is 14.3 Å². The lowest BCUT2D eigenvalue weighted by Gasteiger charge is -2.36. The monoisotopic (exact) mass is 481 g/mol. The summed E-state index contributed by atoms with van der Waals surface area (Å²) in [5.74, 6) is 1.99. The van der Waals surface area contributed by atoms with Crippen molar-refractivity contribution in [1.82, 2.24) is 10.2 Å². The average molecular weight is 482 g/mol. The van der Waals surface area contributed by atoms with E-state index in [0.717, 1.165) is 62.6 Å². The minimum atomic E-state index is 0. The van der Waals surface area contributed by atoms with Crippen molar-refractivity contribution in [2.45, 2.75) is 25.3 Å². The number of anilines is 1. The molecule has 1 atom stereocenters. The Hall–Kier alpha value is -2.15. The predicted molar refractivity (Wildman–Crippen MR) is 133 cm³/mol. The van der Waals surface area contributed by atoms with Gasteiger partial charge in [0.15, 0.2) is 0 Å². The second-order valence-electron chi connectivity index (χ2n) is 8.04. The predicted octanol–water partition coefficient (Wildman–Crippen LogP) is 3.34. The summed E-state index contributed by atoms with van der Waals surface area (Å²) in [6.07, 6.45) is 2.78. The highest BCUT2D eigenvalue weighted by Gasteiger charge is 2.25. The highest BCUT2D eigenvalue weighted by atomic mass is 35.5. The van der Waals surface area contributed by atoms with Crippen LogP contribution in [0.4, 0.5) is 5.69 Å². The van der Waals surface area contributed by atoms with Gasteiger partial charge in [0.05, 0.1) is 26.5 Å². The van der Waals surface area contributed by atoms with E-state index in [1.54, 1.807) is 14.2 Å². The van der Waals surface area contributed by atoms with Crippen LogP contribution < -0.4 is 19.7 Å². The van der Waals surface area contributed by atoms with Gasteiger partial charge in [-0.2, -0.15) is 0 Å². The van der Waals surface area contributed by atoms with E-state index in [2.05, 4.69) is 27.2 Å². The van der Waals surface area contributed by atoms with Gasteiger partial charge in [0.2, 0.25) is 5.91 Å². The van der Waals surface area contributed by atoms with Gasteiger partial charge in [0.1, 0.15) is 11.5 Å². The van der Waals surface area contributed by atoms with Gasteiger partial charge in [0.25, 0.3) is 0 Å². The summed E-state index contributed by atoms with van der Waals surface area (Å²) in [5, 5.41) is 3.25. The van der Waals surface area contributed by atoms with Crippen LogP contribution in [0.15, 0.2) is 42.5 Å². The molecule has 0 spiro atoms. The first-order chi connectivity index (χ1) is 14.7. The maximum absolute atomic E-state index is 12.7. The van der Waals surface area contributed by atoms with Crippen LogP contribution >= 0.6 is 24.8 Å². The van der Waals surface area contributed by atoms with Crippen LogP contribution in [0.1, 0.15) is 17.5 Å². The number of rotatable bonds is 6. The maximum Gasteiger partial charge on any atom is 0.234 e. The van der Waals surface area contributed by atoms with Crippen molar-refractivity contribution in [1.29, 1.82) is 0 Å². The molecule has 6 nitrogen and oxygen atoms in total. The van der Waals surface area contributed by atoms with Gasteiger partial charge in [0, 0.05) is 32.2 Å². The number of methoxy groups -OCH3 is 2. The molecular weight excluding hydrogens is 449 g/mol. The summed E-state index contributed by atoms with van der Waals surface area (Å²) in [6, 6.07) is 14.5. The number of hydrogen-bond acceptors (Lipinski definition) is 5. The van der Waals surface area contributed by atoms with E-state index in [9.17, 15) is 4.79 Å². The van der Waals surface area contributed by atoms with Crippen molar-refractivity contribution in [3.63, 3.8) is 0 Å². The third kappa shape index (κ3) is 6.00. The maximum atomic E-state index is 12.7. The van der Waals surface area contributed by atoms with E-state index in [1.807, 2.05) is 30.3 Å². The second-order valence-corrected chi connectivity index (χ2v) is 8.04. The zero-order chi connectivity index (χ0) is 20.9. The van der Waals surface area contributed by atoms with Crippen molar-refractivity contribution in [2.24, 2.45) is 0 Å². The van der Waals surface area contributed by atoms with Crippen LogP contribution in [0, 0.1) is 0 Å². The quantitative estimate of drug-likeness (QED) is 0.685. The Morgan fingerprint density at radius 2 is 1.66 bits per heavy atom. The van der Waals surface area contributed by atoms with Crippen LogP contribution in [-0.4, -0.2) is 63.8 Å². The standard InChI is InChI=1S/C24H31N3O3.2ClH/c1-29-22-9-5-6-18-16-19(10-11-20(18)22)25-24(28)17-26-12-14-27(15-13-26)21-7-3-4-8-23(21)30-2;;/h3-9,19H,10-17H2,1-2H3,(H,25,28);2*1H. The molecule has 1 unspecified atom stereocenters. The molecule has 1 heterocycles. The Kier molecular flexibility index (Phi) is 9.94. The number of halogens is 2. The van der Waals surface area contributed by atoms with Gasteiger partial charge in [-0.3, -0.25) is 9.69 Å². The van der Waals surface area contributed by atoms with Crippen molar-refractivity contribution in [3.8, 4) is 11.5 Å². The number of carbonyl (C=O) groups is 1. The molecule has 1 N–H and O–H groups in total. The molecule has 0 radical (unpaired) electrons. The minimum Gasteiger partial charge on any atom is -0.496 e. The van der Waals surface area contributed by atoms with E-state index in [0.29, 0.717) is 6.54 Å². The summed E-state index contributed by atoms with van der Waals surface area (Å²) >= 11 is 0. The van der Waals surface area contributed by atoms with Gasteiger partial charge in [-0.15, -0.1) is 24.8 Å². The topological polar surface area (TPSA) is 54.0 Å². The molecule has 1 fully saturated rings. The van der Waals surface area contributed by atoms with E-state index in [1.165, 1.54) is 11.1 Å². The Morgan fingerprint density at radius 3 is 2.38 bits per heavy atom. The SMILES string of the molecule is COc1ccccc1N1CCN(CC(=O)NC2CCc3c(cccc3OC)C2)CC1.Cl.Cl. The third-order valence-corrected chi connectivity index (χ3v) is 6.19. The molecule has 0 aromatic heterocycles. The number of nitrogens with zero attached hydrogens (tertiary/aromatic N) is 2. The number of carbonyl (C=O) groups excluding carboxylic acids is 1. The molecule has 2 aromatic carbocycles. The number of nitrogens with one attached hydrogen (secondary N) is 1. The zero-order valence-corrected chi connectivity index (χ0v) is 20.3. The highest BCUT2D eigenvalue weighted by Crippen LogP contribution is 2.30. The molecule has 1 amide bonds. The highest BCUT2D eigenvalue weighted by molar-refractivity contribution is 5.85. The number of hydrogen-bond donors (Lipinski definition) is 1. The lowest BCUT2D eigenvalue weighted by molar-refractivity contribution is -0.123. The molecule has 176 valence electrons. The number of para-hydroxylation sites is 2. The van der Waals surface area contributed by atoms with Gasteiger partial charge in [-0.1, -0.05) is 24.3 Å². The van der Waals surface area contributed by atoms with Gasteiger partial charge in [-0.25, -0.2) is 0 Å². The normalized spacial score (nSPS) is 17.9. The molecule has 1 aliphatic carbocycles. The lowest BCUT2D eigenvalue weighted by Crippen LogP contribution is -2.51. The number of benzene rings is 2. The van der Waals surface area contributed by atoms with Crippen LogP contribution in [0.2, 0.25) is 0 Å². The number of fused-ring (bicyclic) bond motifs is 1. The third-order valence-electron chi connectivity index (χ3n) is 6.19. The molecule has 0 saturated carbocycles. The largest absolute Gasteiger partial charge is 0.496 e. The van der Waals surface area contributed by atoms with Gasteiger partial charge >= 0.3 is 0 Å². The molecule has 0 bridgehead atoms. The fraction of sp³-hybridized carbons (Fsp3) is 0.458. The van der Waals surface area contributed by atoms with Crippen LogP contribution in [0.25, 0.3) is 0 Å². The van der Waals surface area contributed by atoms with Crippen LogP contribution in [0.5, 0.6) is 11.5 Å². The van der Waals surface area contributed by atoms with E-state index < -0.39 is 0 Å². The van der Waals surface area contributed by atoms with Gasteiger partial charge in [-0.05, 0) is 48.6 Å². The Labute approximate surface area is 203 Å². The van der Waals surface area contributed by atoms with Gasteiger partial charge < -0.3 is 19.7 Å². The molecule has 2 aliphatic rings. The van der Waals surface area contributed by atoms with Crippen molar-refractivity contribution >= 4 is 36.4 Å². The number of piperazine rings is 1. The molecule has 4 rings (SSSR count). The first-order valence-corrected chi connectivity index (χ1v) is 10.7. The second kappa shape index (κ2) is 12.2. The zero-order valence-electron chi connectivity index (χ0n) is 18.7. The molecule has 2 aromatic rings. The molecule has 8 heteroatoms. The lowest BCUT2D eigenvalue weighted by atomic mass is 9.87. The molecule has 1 aliphatic heterocycles. The molecule has 32 heavy (non-hydrogen) atoms. The minimum absolute atomic E-state index is 0. The van der Waals surface area contributed by atoms with Crippen LogP contribution in [-0.2, 0) is 17.6 Å². The smallest absolute Gasteiger partial charge is 0.234 e. The van der Waals surface area contributed by atoms with Crippen molar-refractivity contribution in [2.75, 3.05) is 51.8 Å². The molecule has 1 saturated heterocycles.